The maximum atomic E-state index is 12.6. The van der Waals surface area contributed by atoms with Crippen molar-refractivity contribution in [3.8, 4) is 11.5 Å². The topological polar surface area (TPSA) is 52.6 Å². The normalized spacial score (nSPS) is 11.0. The van der Waals surface area contributed by atoms with Crippen molar-refractivity contribution in [2.75, 3.05) is 13.2 Å². The van der Waals surface area contributed by atoms with E-state index in [2.05, 4.69) is 27.7 Å². The first-order valence-corrected chi connectivity index (χ1v) is 11.9. The second kappa shape index (κ2) is 12.2. The Kier molecular flexibility index (Phi) is 9.03. The molecule has 0 aliphatic carbocycles. The first-order chi connectivity index (χ1) is 16.3. The summed E-state index contributed by atoms with van der Waals surface area (Å²) >= 11 is 0. The monoisotopic (exact) mass is 458 g/mol. The summed E-state index contributed by atoms with van der Waals surface area (Å²) in [5, 5.41) is 0. The van der Waals surface area contributed by atoms with E-state index in [1.54, 1.807) is 0 Å². The molecule has 0 aliphatic heterocycles. The lowest BCUT2D eigenvalue weighted by molar-refractivity contribution is 0.0984. The van der Waals surface area contributed by atoms with Gasteiger partial charge in [-0.15, -0.1) is 0 Å². The van der Waals surface area contributed by atoms with Crippen LogP contribution in [0.15, 0.2) is 72.8 Å². The standard InChI is InChI=1S/C30H34O4/c1-21(2)19-33-27-13-9-25(10-14-27)29(31)17-23-5-7-24(8-6-23)18-30(32)26-11-15-28(16-12-26)34-20-22(3)4/h5-16,21-22H,17-20H2,1-4H3. The maximum Gasteiger partial charge on any atom is 0.167 e. The lowest BCUT2D eigenvalue weighted by Crippen LogP contribution is -2.07. The molecule has 0 N–H and O–H groups in total. The van der Waals surface area contributed by atoms with Gasteiger partial charge in [-0.1, -0.05) is 52.0 Å². The lowest BCUT2D eigenvalue weighted by Gasteiger charge is -2.09. The largest absolute Gasteiger partial charge is 0.493 e. The molecule has 0 spiro atoms. The van der Waals surface area contributed by atoms with E-state index in [-0.39, 0.29) is 11.6 Å². The molecule has 0 saturated heterocycles. The Hall–Kier alpha value is -3.40. The molecule has 0 fully saturated rings. The van der Waals surface area contributed by atoms with Crippen LogP contribution in [-0.2, 0) is 12.8 Å². The third kappa shape index (κ3) is 7.87. The van der Waals surface area contributed by atoms with Crippen molar-refractivity contribution in [1.29, 1.82) is 0 Å². The molecule has 178 valence electrons. The van der Waals surface area contributed by atoms with Gasteiger partial charge in [0.1, 0.15) is 11.5 Å². The van der Waals surface area contributed by atoms with Crippen LogP contribution in [0.2, 0.25) is 0 Å². The van der Waals surface area contributed by atoms with Crippen molar-refractivity contribution >= 4 is 11.6 Å². The number of hydrogen-bond acceptors (Lipinski definition) is 4. The SMILES string of the molecule is CC(C)COc1ccc(C(=O)Cc2ccc(CC(=O)c3ccc(OCC(C)C)cc3)cc2)cc1. The number of hydrogen-bond donors (Lipinski definition) is 0. The van der Waals surface area contributed by atoms with Crippen molar-refractivity contribution in [3.63, 3.8) is 0 Å². The highest BCUT2D eigenvalue weighted by Crippen LogP contribution is 2.17. The molecule has 4 nitrogen and oxygen atoms in total. The minimum atomic E-state index is 0.0546. The van der Waals surface area contributed by atoms with E-state index in [1.807, 2.05) is 72.8 Å². The summed E-state index contributed by atoms with van der Waals surface area (Å²) < 4.78 is 11.4. The molecule has 4 heteroatoms. The van der Waals surface area contributed by atoms with Crippen molar-refractivity contribution in [2.45, 2.75) is 40.5 Å². The van der Waals surface area contributed by atoms with E-state index < -0.39 is 0 Å². The minimum Gasteiger partial charge on any atom is -0.493 e. The van der Waals surface area contributed by atoms with Gasteiger partial charge < -0.3 is 9.47 Å². The highest BCUT2D eigenvalue weighted by atomic mass is 16.5. The van der Waals surface area contributed by atoms with Crippen LogP contribution in [0.5, 0.6) is 11.5 Å². The van der Waals surface area contributed by atoms with E-state index in [9.17, 15) is 9.59 Å². The van der Waals surface area contributed by atoms with Crippen molar-refractivity contribution < 1.29 is 19.1 Å². The Bertz CT molecular complexity index is 974. The van der Waals surface area contributed by atoms with Crippen LogP contribution < -0.4 is 9.47 Å². The molecule has 0 heterocycles. The van der Waals surface area contributed by atoms with Gasteiger partial charge in [0.2, 0.25) is 0 Å². The molecule has 0 aromatic heterocycles. The smallest absolute Gasteiger partial charge is 0.167 e. The van der Waals surface area contributed by atoms with E-state index in [4.69, 9.17) is 9.47 Å². The van der Waals surface area contributed by atoms with Crippen LogP contribution in [0, 0.1) is 11.8 Å². The Morgan fingerprint density at radius 3 is 1.18 bits per heavy atom. The molecule has 34 heavy (non-hydrogen) atoms. The molecule has 3 aromatic rings. The Labute approximate surface area is 202 Å². The van der Waals surface area contributed by atoms with Crippen molar-refractivity contribution in [3.05, 3.63) is 95.1 Å². The zero-order valence-electron chi connectivity index (χ0n) is 20.5. The number of ether oxygens (including phenoxy) is 2. The van der Waals surface area contributed by atoms with Gasteiger partial charge in [-0.25, -0.2) is 0 Å². The van der Waals surface area contributed by atoms with Gasteiger partial charge in [-0.3, -0.25) is 9.59 Å². The Morgan fingerprint density at radius 2 is 0.882 bits per heavy atom. The molecule has 0 atom stereocenters. The third-order valence-corrected chi connectivity index (χ3v) is 5.27. The van der Waals surface area contributed by atoms with Gasteiger partial charge >= 0.3 is 0 Å². The average Bonchev–Trinajstić information content (AvgIpc) is 2.83. The minimum absolute atomic E-state index is 0.0546. The average molecular weight is 459 g/mol. The molecule has 3 rings (SSSR count). The van der Waals surface area contributed by atoms with Crippen LogP contribution >= 0.6 is 0 Å². The zero-order chi connectivity index (χ0) is 24.5. The van der Waals surface area contributed by atoms with E-state index in [0.29, 0.717) is 49.0 Å². The molecule has 0 amide bonds. The lowest BCUT2D eigenvalue weighted by atomic mass is 9.99. The highest BCUT2D eigenvalue weighted by molar-refractivity contribution is 5.98. The third-order valence-electron chi connectivity index (χ3n) is 5.27. The van der Waals surface area contributed by atoms with Crippen molar-refractivity contribution in [2.24, 2.45) is 11.8 Å². The van der Waals surface area contributed by atoms with Gasteiger partial charge in [0.05, 0.1) is 13.2 Å². The summed E-state index contributed by atoms with van der Waals surface area (Å²) in [6, 6.07) is 22.3. The number of Topliss-reactive ketones (excluding diaryl/α,β-unsaturated/α-hetero) is 2. The summed E-state index contributed by atoms with van der Waals surface area (Å²) in [4.78, 5) is 25.3. The molecular formula is C30H34O4. The van der Waals surface area contributed by atoms with Gasteiger partial charge in [-0.2, -0.15) is 0 Å². The molecule has 0 unspecified atom stereocenters. The molecule has 0 bridgehead atoms. The van der Waals surface area contributed by atoms with Gasteiger partial charge in [0.25, 0.3) is 0 Å². The summed E-state index contributed by atoms with van der Waals surface area (Å²) in [7, 11) is 0. The summed E-state index contributed by atoms with van der Waals surface area (Å²) in [6.07, 6.45) is 0.635. The van der Waals surface area contributed by atoms with Crippen LogP contribution in [-0.4, -0.2) is 24.8 Å². The van der Waals surface area contributed by atoms with E-state index in [1.165, 1.54) is 0 Å². The van der Waals surface area contributed by atoms with Crippen molar-refractivity contribution in [1.82, 2.24) is 0 Å². The fourth-order valence-electron chi connectivity index (χ4n) is 3.35. The fourth-order valence-corrected chi connectivity index (χ4v) is 3.35. The molecule has 0 radical (unpaired) electrons. The van der Waals surface area contributed by atoms with Crippen LogP contribution in [0.3, 0.4) is 0 Å². The highest BCUT2D eigenvalue weighted by Gasteiger charge is 2.10. The first-order valence-electron chi connectivity index (χ1n) is 11.9. The number of carbonyl (C=O) groups is 2. The maximum absolute atomic E-state index is 12.6. The first kappa shape index (κ1) is 25.2. The molecule has 0 saturated carbocycles. The Balaban J connectivity index is 1.52. The van der Waals surface area contributed by atoms with E-state index >= 15 is 0 Å². The number of benzene rings is 3. The second-order valence-electron chi connectivity index (χ2n) is 9.47. The van der Waals surface area contributed by atoms with Gasteiger partial charge in [0.15, 0.2) is 11.6 Å². The van der Waals surface area contributed by atoms with Gasteiger partial charge in [0, 0.05) is 24.0 Å². The second-order valence-corrected chi connectivity index (χ2v) is 9.47. The zero-order valence-corrected chi connectivity index (χ0v) is 20.5. The summed E-state index contributed by atoms with van der Waals surface area (Å²) in [5.74, 6) is 2.57. The molecule has 0 aliphatic rings. The molecular weight excluding hydrogens is 424 g/mol. The van der Waals surface area contributed by atoms with Crippen LogP contribution in [0.1, 0.15) is 59.5 Å². The molecule has 3 aromatic carbocycles. The summed E-state index contributed by atoms with van der Waals surface area (Å²) in [5.41, 5.74) is 3.18. The fraction of sp³-hybridized carbons (Fsp3) is 0.333. The number of rotatable bonds is 12. The van der Waals surface area contributed by atoms with Crippen LogP contribution in [0.4, 0.5) is 0 Å². The predicted octanol–water partition coefficient (Wildman–Crippen LogP) is 6.61. The summed E-state index contributed by atoms with van der Waals surface area (Å²) in [6.45, 7) is 9.70. The van der Waals surface area contributed by atoms with Gasteiger partial charge in [-0.05, 0) is 71.5 Å². The number of ketones is 2. The number of carbonyl (C=O) groups excluding carboxylic acids is 2. The van der Waals surface area contributed by atoms with E-state index in [0.717, 1.165) is 22.6 Å². The predicted molar refractivity (Wildman–Crippen MR) is 136 cm³/mol. The van der Waals surface area contributed by atoms with Crippen LogP contribution in [0.25, 0.3) is 0 Å². The quantitative estimate of drug-likeness (QED) is 0.287. The Morgan fingerprint density at radius 1 is 0.559 bits per heavy atom.